The van der Waals surface area contributed by atoms with Crippen molar-refractivity contribution in [2.75, 3.05) is 13.2 Å². The topological polar surface area (TPSA) is 61.8 Å². The molecule has 6 heteroatoms. The Morgan fingerprint density at radius 2 is 1.52 bits per heavy atom. The number of thiophene rings is 1. The van der Waals surface area contributed by atoms with Crippen LogP contribution in [0.15, 0.2) is 60.7 Å². The highest BCUT2D eigenvalue weighted by molar-refractivity contribution is 7.12. The molecular formula is C23H22O5S. The van der Waals surface area contributed by atoms with E-state index in [1.54, 1.807) is 35.6 Å². The van der Waals surface area contributed by atoms with Gasteiger partial charge in [0.25, 0.3) is 0 Å². The minimum atomic E-state index is -0.590. The standard InChI is InChI=1S/C23H22O5S/c1-16-12-21(17(2)29-16)22(24)14-28-23(25)15-27-20-10-8-19(9-11-20)26-13-18-6-4-3-5-7-18/h3-12H,13-15H2,1-2H3. The number of aryl methyl sites for hydroxylation is 2. The Bertz CT molecular complexity index is 961. The fourth-order valence-corrected chi connectivity index (χ4v) is 3.63. The average molecular weight is 410 g/mol. The summed E-state index contributed by atoms with van der Waals surface area (Å²) >= 11 is 1.55. The van der Waals surface area contributed by atoms with Crippen molar-refractivity contribution in [3.8, 4) is 11.5 Å². The van der Waals surface area contributed by atoms with E-state index < -0.39 is 5.97 Å². The van der Waals surface area contributed by atoms with Crippen LogP contribution in [0.2, 0.25) is 0 Å². The molecule has 0 saturated carbocycles. The van der Waals surface area contributed by atoms with Gasteiger partial charge in [-0.3, -0.25) is 4.79 Å². The number of hydrogen-bond acceptors (Lipinski definition) is 6. The van der Waals surface area contributed by atoms with Crippen molar-refractivity contribution >= 4 is 23.1 Å². The van der Waals surface area contributed by atoms with Crippen LogP contribution in [-0.4, -0.2) is 25.0 Å². The van der Waals surface area contributed by atoms with E-state index in [0.717, 1.165) is 15.3 Å². The predicted octanol–water partition coefficient (Wildman–Crippen LogP) is 4.75. The van der Waals surface area contributed by atoms with Crippen molar-refractivity contribution in [1.29, 1.82) is 0 Å². The van der Waals surface area contributed by atoms with Gasteiger partial charge in [-0.15, -0.1) is 11.3 Å². The predicted molar refractivity (Wildman–Crippen MR) is 112 cm³/mol. The van der Waals surface area contributed by atoms with Crippen LogP contribution in [0.25, 0.3) is 0 Å². The fraction of sp³-hybridized carbons (Fsp3) is 0.217. The molecule has 0 saturated heterocycles. The lowest BCUT2D eigenvalue weighted by Gasteiger charge is -2.09. The van der Waals surface area contributed by atoms with Crippen LogP contribution in [0.4, 0.5) is 0 Å². The summed E-state index contributed by atoms with van der Waals surface area (Å²) in [5.74, 6) is 0.424. The van der Waals surface area contributed by atoms with Gasteiger partial charge in [-0.05, 0) is 49.7 Å². The lowest BCUT2D eigenvalue weighted by molar-refractivity contribution is -0.144. The number of carbonyl (C=O) groups is 2. The van der Waals surface area contributed by atoms with Crippen LogP contribution in [0, 0.1) is 13.8 Å². The van der Waals surface area contributed by atoms with Gasteiger partial charge in [-0.2, -0.15) is 0 Å². The summed E-state index contributed by atoms with van der Waals surface area (Å²) in [6.07, 6.45) is 0. The molecule has 0 aliphatic heterocycles. The van der Waals surface area contributed by atoms with Crippen molar-refractivity contribution in [3.05, 3.63) is 81.5 Å². The maximum atomic E-state index is 12.1. The van der Waals surface area contributed by atoms with Crippen LogP contribution in [-0.2, 0) is 16.1 Å². The molecule has 1 aromatic heterocycles. The highest BCUT2D eigenvalue weighted by Crippen LogP contribution is 2.21. The zero-order valence-electron chi connectivity index (χ0n) is 16.3. The highest BCUT2D eigenvalue weighted by atomic mass is 32.1. The molecule has 0 bridgehead atoms. The first-order chi connectivity index (χ1) is 14.0. The Balaban J connectivity index is 1.40. The summed E-state index contributed by atoms with van der Waals surface area (Å²) in [4.78, 5) is 26.0. The lowest BCUT2D eigenvalue weighted by atomic mass is 10.2. The highest BCUT2D eigenvalue weighted by Gasteiger charge is 2.14. The molecule has 2 aromatic carbocycles. The Morgan fingerprint density at radius 1 is 0.862 bits per heavy atom. The number of rotatable bonds is 9. The third-order valence-corrected chi connectivity index (χ3v) is 5.10. The van der Waals surface area contributed by atoms with Crippen molar-refractivity contribution in [3.63, 3.8) is 0 Å². The zero-order valence-corrected chi connectivity index (χ0v) is 17.2. The minimum Gasteiger partial charge on any atom is -0.489 e. The van der Waals surface area contributed by atoms with Gasteiger partial charge in [0.1, 0.15) is 18.1 Å². The van der Waals surface area contributed by atoms with E-state index in [0.29, 0.717) is 23.7 Å². The van der Waals surface area contributed by atoms with E-state index in [4.69, 9.17) is 14.2 Å². The van der Waals surface area contributed by atoms with E-state index in [1.165, 1.54) is 0 Å². The molecule has 0 amide bonds. The van der Waals surface area contributed by atoms with Crippen LogP contribution >= 0.6 is 11.3 Å². The molecule has 3 aromatic rings. The number of benzene rings is 2. The molecule has 29 heavy (non-hydrogen) atoms. The van der Waals surface area contributed by atoms with Crippen LogP contribution in [0.5, 0.6) is 11.5 Å². The van der Waals surface area contributed by atoms with Crippen LogP contribution in [0.1, 0.15) is 25.7 Å². The fourth-order valence-electron chi connectivity index (χ4n) is 2.69. The average Bonchev–Trinajstić information content (AvgIpc) is 3.08. The molecule has 0 N–H and O–H groups in total. The van der Waals surface area contributed by atoms with Crippen molar-refractivity contribution in [2.45, 2.75) is 20.5 Å². The molecule has 0 fully saturated rings. The van der Waals surface area contributed by atoms with Gasteiger partial charge >= 0.3 is 5.97 Å². The third kappa shape index (κ3) is 6.19. The van der Waals surface area contributed by atoms with E-state index in [2.05, 4.69) is 0 Å². The normalized spacial score (nSPS) is 10.4. The third-order valence-electron chi connectivity index (χ3n) is 4.13. The Morgan fingerprint density at radius 3 is 2.14 bits per heavy atom. The lowest BCUT2D eigenvalue weighted by Crippen LogP contribution is -2.19. The van der Waals surface area contributed by atoms with Gasteiger partial charge in [0.05, 0.1) is 0 Å². The summed E-state index contributed by atoms with van der Waals surface area (Å²) < 4.78 is 16.1. The van der Waals surface area contributed by atoms with Gasteiger partial charge < -0.3 is 14.2 Å². The summed E-state index contributed by atoms with van der Waals surface area (Å²) in [5.41, 5.74) is 1.69. The van der Waals surface area contributed by atoms with E-state index in [-0.39, 0.29) is 19.0 Å². The SMILES string of the molecule is Cc1cc(C(=O)COC(=O)COc2ccc(OCc3ccccc3)cc2)c(C)s1. The summed E-state index contributed by atoms with van der Waals surface area (Å²) in [6, 6.07) is 18.7. The number of esters is 1. The number of hydrogen-bond donors (Lipinski definition) is 0. The Hall–Kier alpha value is -3.12. The van der Waals surface area contributed by atoms with Gasteiger partial charge in [0.15, 0.2) is 13.2 Å². The molecule has 0 spiro atoms. The second kappa shape index (κ2) is 9.89. The van der Waals surface area contributed by atoms with Crippen LogP contribution in [0.3, 0.4) is 0 Å². The first kappa shape index (κ1) is 20.6. The maximum Gasteiger partial charge on any atom is 0.344 e. The Kier molecular flexibility index (Phi) is 7.03. The minimum absolute atomic E-state index is 0.208. The van der Waals surface area contributed by atoms with Crippen molar-refractivity contribution in [2.24, 2.45) is 0 Å². The monoisotopic (exact) mass is 410 g/mol. The number of carbonyl (C=O) groups excluding carboxylic acids is 2. The van der Waals surface area contributed by atoms with Gasteiger partial charge in [0.2, 0.25) is 5.78 Å². The molecule has 0 aliphatic carbocycles. The number of ketones is 1. The van der Waals surface area contributed by atoms with Gasteiger partial charge in [-0.1, -0.05) is 30.3 Å². The molecule has 0 aliphatic rings. The molecule has 5 nitrogen and oxygen atoms in total. The largest absolute Gasteiger partial charge is 0.489 e. The molecule has 1 heterocycles. The van der Waals surface area contributed by atoms with Gasteiger partial charge in [-0.25, -0.2) is 4.79 Å². The summed E-state index contributed by atoms with van der Waals surface area (Å²) in [6.45, 7) is 3.74. The zero-order chi connectivity index (χ0) is 20.6. The number of Topliss-reactive ketones (excluding diaryl/α,β-unsaturated/α-hetero) is 1. The first-order valence-corrected chi connectivity index (χ1v) is 9.98. The van der Waals surface area contributed by atoms with E-state index >= 15 is 0 Å². The molecule has 3 rings (SSSR count). The van der Waals surface area contributed by atoms with Crippen molar-refractivity contribution < 1.29 is 23.8 Å². The maximum absolute atomic E-state index is 12.1. The second-order valence-electron chi connectivity index (χ2n) is 6.45. The van der Waals surface area contributed by atoms with Crippen LogP contribution < -0.4 is 9.47 Å². The smallest absolute Gasteiger partial charge is 0.344 e. The molecule has 0 atom stereocenters. The molecular weight excluding hydrogens is 388 g/mol. The number of ether oxygens (including phenoxy) is 3. The molecule has 0 radical (unpaired) electrons. The van der Waals surface area contributed by atoms with E-state index in [9.17, 15) is 9.59 Å². The van der Waals surface area contributed by atoms with Gasteiger partial charge in [0, 0.05) is 15.3 Å². The second-order valence-corrected chi connectivity index (χ2v) is 7.91. The van der Waals surface area contributed by atoms with E-state index in [1.807, 2.05) is 50.2 Å². The first-order valence-electron chi connectivity index (χ1n) is 9.16. The molecule has 150 valence electrons. The summed E-state index contributed by atoms with van der Waals surface area (Å²) in [7, 11) is 0. The Labute approximate surface area is 173 Å². The quantitative estimate of drug-likeness (QED) is 0.376. The summed E-state index contributed by atoms with van der Waals surface area (Å²) in [5, 5.41) is 0. The van der Waals surface area contributed by atoms with Crippen molar-refractivity contribution in [1.82, 2.24) is 0 Å². The molecule has 0 unspecified atom stereocenters.